The summed E-state index contributed by atoms with van der Waals surface area (Å²) in [5.74, 6) is -0.153. The molecule has 6 heteroatoms. The molecule has 1 N–H and O–H groups in total. The van der Waals surface area contributed by atoms with Crippen LogP contribution in [0.2, 0.25) is 0 Å². The summed E-state index contributed by atoms with van der Waals surface area (Å²) in [6, 6.07) is 16.3. The van der Waals surface area contributed by atoms with Gasteiger partial charge in [-0.1, -0.05) is 12.1 Å². The summed E-state index contributed by atoms with van der Waals surface area (Å²) in [5, 5.41) is 15.6. The van der Waals surface area contributed by atoms with Gasteiger partial charge in [-0.15, -0.1) is 0 Å². The second-order valence-corrected chi connectivity index (χ2v) is 4.88. The lowest BCUT2D eigenvalue weighted by Crippen LogP contribution is -2.22. The monoisotopic (exact) mass is 303 g/mol. The first-order valence-electron chi connectivity index (χ1n) is 6.98. The molecular weight excluding hydrogens is 290 g/mol. The van der Waals surface area contributed by atoms with E-state index in [1.807, 2.05) is 24.3 Å². The molecule has 0 aliphatic heterocycles. The van der Waals surface area contributed by atoms with Crippen LogP contribution in [0, 0.1) is 11.3 Å². The maximum absolute atomic E-state index is 12.1. The minimum Gasteiger partial charge on any atom is -0.348 e. The molecule has 0 aliphatic rings. The highest BCUT2D eigenvalue weighted by Crippen LogP contribution is 2.09. The minimum atomic E-state index is -0.153. The van der Waals surface area contributed by atoms with E-state index < -0.39 is 0 Å². The number of benzene rings is 2. The van der Waals surface area contributed by atoms with Gasteiger partial charge in [0, 0.05) is 12.1 Å². The lowest BCUT2D eigenvalue weighted by atomic mass is 10.1. The van der Waals surface area contributed by atoms with Crippen LogP contribution >= 0.6 is 0 Å². The molecule has 23 heavy (non-hydrogen) atoms. The number of nitrogens with one attached hydrogen (secondary N) is 1. The third kappa shape index (κ3) is 3.41. The SMILES string of the molecule is N#Cc1ccc(CNC(=O)c2ccc(-n3cncn3)cc2)cc1. The highest BCUT2D eigenvalue weighted by atomic mass is 16.1. The summed E-state index contributed by atoms with van der Waals surface area (Å²) in [4.78, 5) is 16.0. The van der Waals surface area contributed by atoms with Crippen molar-refractivity contribution in [2.45, 2.75) is 6.54 Å². The second kappa shape index (κ2) is 6.54. The second-order valence-electron chi connectivity index (χ2n) is 4.88. The maximum atomic E-state index is 12.1. The molecule has 0 atom stereocenters. The molecule has 6 nitrogen and oxygen atoms in total. The molecule has 3 aromatic rings. The molecule has 2 aromatic carbocycles. The van der Waals surface area contributed by atoms with E-state index in [4.69, 9.17) is 5.26 Å². The Hall–Kier alpha value is -3.46. The fourth-order valence-corrected chi connectivity index (χ4v) is 2.09. The van der Waals surface area contributed by atoms with Crippen LogP contribution in [-0.4, -0.2) is 20.7 Å². The number of amides is 1. The molecule has 0 fully saturated rings. The zero-order valence-corrected chi connectivity index (χ0v) is 12.2. The van der Waals surface area contributed by atoms with Crippen molar-refractivity contribution in [2.24, 2.45) is 0 Å². The molecule has 0 radical (unpaired) electrons. The lowest BCUT2D eigenvalue weighted by molar-refractivity contribution is 0.0951. The summed E-state index contributed by atoms with van der Waals surface area (Å²) < 4.78 is 1.62. The average Bonchev–Trinajstić information content (AvgIpc) is 3.15. The van der Waals surface area contributed by atoms with Gasteiger partial charge in [-0.3, -0.25) is 4.79 Å². The van der Waals surface area contributed by atoms with Crippen molar-refractivity contribution < 1.29 is 4.79 Å². The third-order valence-corrected chi connectivity index (χ3v) is 3.35. The van der Waals surface area contributed by atoms with Crippen molar-refractivity contribution >= 4 is 5.91 Å². The predicted octanol–water partition coefficient (Wildman–Crippen LogP) is 2.07. The van der Waals surface area contributed by atoms with Gasteiger partial charge >= 0.3 is 0 Å². The Morgan fingerprint density at radius 3 is 2.48 bits per heavy atom. The van der Waals surface area contributed by atoms with E-state index in [1.54, 1.807) is 35.3 Å². The van der Waals surface area contributed by atoms with Crippen LogP contribution in [0.25, 0.3) is 5.69 Å². The van der Waals surface area contributed by atoms with Crippen molar-refractivity contribution in [2.75, 3.05) is 0 Å². The first-order valence-corrected chi connectivity index (χ1v) is 6.98. The van der Waals surface area contributed by atoms with Crippen molar-refractivity contribution in [3.8, 4) is 11.8 Å². The number of carbonyl (C=O) groups excluding carboxylic acids is 1. The van der Waals surface area contributed by atoms with Gasteiger partial charge in [-0.2, -0.15) is 10.4 Å². The van der Waals surface area contributed by atoms with Crippen LogP contribution in [0.15, 0.2) is 61.2 Å². The van der Waals surface area contributed by atoms with Crippen LogP contribution in [0.5, 0.6) is 0 Å². The molecule has 0 bridgehead atoms. The number of aromatic nitrogens is 3. The Bertz CT molecular complexity index is 830. The van der Waals surface area contributed by atoms with Gasteiger partial charge in [-0.05, 0) is 42.0 Å². The normalized spacial score (nSPS) is 10.0. The molecule has 3 rings (SSSR count). The highest BCUT2D eigenvalue weighted by molar-refractivity contribution is 5.94. The van der Waals surface area contributed by atoms with E-state index in [2.05, 4.69) is 21.5 Å². The number of rotatable bonds is 4. The third-order valence-electron chi connectivity index (χ3n) is 3.35. The Kier molecular flexibility index (Phi) is 4.11. The zero-order valence-electron chi connectivity index (χ0n) is 12.2. The van der Waals surface area contributed by atoms with Crippen molar-refractivity contribution in [3.05, 3.63) is 77.9 Å². The smallest absolute Gasteiger partial charge is 0.251 e. The molecule has 1 heterocycles. The standard InChI is InChI=1S/C17H13N5O/c18-9-13-1-3-14(4-2-13)10-20-17(23)15-5-7-16(8-6-15)22-12-19-11-21-22/h1-8,11-12H,10H2,(H,20,23). The van der Waals surface area contributed by atoms with E-state index in [-0.39, 0.29) is 5.91 Å². The van der Waals surface area contributed by atoms with E-state index in [9.17, 15) is 4.79 Å². The quantitative estimate of drug-likeness (QED) is 0.799. The summed E-state index contributed by atoms with van der Waals surface area (Å²) in [5.41, 5.74) is 2.95. The van der Waals surface area contributed by atoms with E-state index >= 15 is 0 Å². The van der Waals surface area contributed by atoms with Crippen LogP contribution < -0.4 is 5.32 Å². The van der Waals surface area contributed by atoms with Gasteiger partial charge < -0.3 is 5.32 Å². The Balaban J connectivity index is 1.62. The average molecular weight is 303 g/mol. The highest BCUT2D eigenvalue weighted by Gasteiger charge is 2.06. The molecule has 0 unspecified atom stereocenters. The molecule has 0 aliphatic carbocycles. The number of nitriles is 1. The van der Waals surface area contributed by atoms with E-state index in [0.717, 1.165) is 11.3 Å². The topological polar surface area (TPSA) is 83.6 Å². The Labute approximate surface area is 133 Å². The first kappa shape index (κ1) is 14.5. The molecular formula is C17H13N5O. The van der Waals surface area contributed by atoms with E-state index in [0.29, 0.717) is 17.7 Å². The fraction of sp³-hybridized carbons (Fsp3) is 0.0588. The summed E-state index contributed by atoms with van der Waals surface area (Å²) >= 11 is 0. The predicted molar refractivity (Wildman–Crippen MR) is 83.7 cm³/mol. The fourth-order valence-electron chi connectivity index (χ4n) is 2.09. The molecule has 1 aromatic heterocycles. The number of hydrogen-bond donors (Lipinski definition) is 1. The van der Waals surface area contributed by atoms with Crippen LogP contribution in [-0.2, 0) is 6.54 Å². The molecule has 0 saturated heterocycles. The summed E-state index contributed by atoms with van der Waals surface area (Å²) in [7, 11) is 0. The molecule has 112 valence electrons. The van der Waals surface area contributed by atoms with Gasteiger partial charge in [0.25, 0.3) is 5.91 Å². The molecule has 1 amide bonds. The van der Waals surface area contributed by atoms with Crippen molar-refractivity contribution in [3.63, 3.8) is 0 Å². The van der Waals surface area contributed by atoms with Gasteiger partial charge in [0.15, 0.2) is 0 Å². The first-order chi connectivity index (χ1) is 11.3. The zero-order chi connectivity index (χ0) is 16.1. The number of hydrogen-bond acceptors (Lipinski definition) is 4. The van der Waals surface area contributed by atoms with Crippen molar-refractivity contribution in [1.29, 1.82) is 5.26 Å². The number of carbonyl (C=O) groups is 1. The van der Waals surface area contributed by atoms with Gasteiger partial charge in [-0.25, -0.2) is 9.67 Å². The number of nitrogens with zero attached hydrogens (tertiary/aromatic N) is 4. The van der Waals surface area contributed by atoms with Gasteiger partial charge in [0.1, 0.15) is 12.7 Å². The summed E-state index contributed by atoms with van der Waals surface area (Å²) in [6.07, 6.45) is 3.05. The van der Waals surface area contributed by atoms with Crippen LogP contribution in [0.4, 0.5) is 0 Å². The van der Waals surface area contributed by atoms with E-state index in [1.165, 1.54) is 6.33 Å². The van der Waals surface area contributed by atoms with Crippen molar-refractivity contribution in [1.82, 2.24) is 20.1 Å². The molecule has 0 spiro atoms. The maximum Gasteiger partial charge on any atom is 0.251 e. The summed E-state index contributed by atoms with van der Waals surface area (Å²) in [6.45, 7) is 0.412. The molecule has 0 saturated carbocycles. The van der Waals surface area contributed by atoms with Gasteiger partial charge in [0.05, 0.1) is 17.3 Å². The van der Waals surface area contributed by atoms with Gasteiger partial charge in [0.2, 0.25) is 0 Å². The Morgan fingerprint density at radius 2 is 1.87 bits per heavy atom. The minimum absolute atomic E-state index is 0.153. The van der Waals surface area contributed by atoms with Crippen LogP contribution in [0.3, 0.4) is 0 Å². The largest absolute Gasteiger partial charge is 0.348 e. The Morgan fingerprint density at radius 1 is 1.13 bits per heavy atom. The lowest BCUT2D eigenvalue weighted by Gasteiger charge is -2.06. The van der Waals surface area contributed by atoms with Crippen LogP contribution in [0.1, 0.15) is 21.5 Å².